The number of amides is 1. The number of ether oxygens (including phenoxy) is 2. The van der Waals surface area contributed by atoms with Crippen LogP contribution in [0.3, 0.4) is 0 Å². The third kappa shape index (κ3) is 3.11. The third-order valence-corrected chi connectivity index (χ3v) is 3.99. The molecule has 2 heterocycles. The highest BCUT2D eigenvalue weighted by Crippen LogP contribution is 2.36. The van der Waals surface area contributed by atoms with Gasteiger partial charge >= 0.3 is 5.97 Å². The standard InChI is InChI=1S/C15H15N3O4S/c1-2-21-14(20)6-18-11-5-9(10-8-23-15(16)17-10)3-4-12(11)22-7-13(18)19/h3-5,8H,2,6-7H2,1H3,(H2,16,17). The summed E-state index contributed by atoms with van der Waals surface area (Å²) in [5, 5.41) is 2.30. The first kappa shape index (κ1) is 15.3. The van der Waals surface area contributed by atoms with Gasteiger partial charge in [-0.15, -0.1) is 11.3 Å². The number of anilines is 2. The van der Waals surface area contributed by atoms with E-state index in [4.69, 9.17) is 15.2 Å². The molecule has 1 aromatic carbocycles. The van der Waals surface area contributed by atoms with Crippen LogP contribution < -0.4 is 15.4 Å². The van der Waals surface area contributed by atoms with Crippen molar-refractivity contribution in [1.29, 1.82) is 0 Å². The number of benzene rings is 1. The number of thiazole rings is 1. The second kappa shape index (κ2) is 6.25. The smallest absolute Gasteiger partial charge is 0.326 e. The predicted octanol–water partition coefficient (Wildman–Crippen LogP) is 1.68. The second-order valence-corrected chi connectivity index (χ2v) is 5.72. The third-order valence-electron chi connectivity index (χ3n) is 3.31. The largest absolute Gasteiger partial charge is 0.482 e. The van der Waals surface area contributed by atoms with Crippen LogP contribution in [0.1, 0.15) is 6.92 Å². The fourth-order valence-electron chi connectivity index (χ4n) is 2.29. The average molecular weight is 333 g/mol. The lowest BCUT2D eigenvalue weighted by Crippen LogP contribution is -2.42. The number of fused-ring (bicyclic) bond motifs is 1. The number of esters is 1. The van der Waals surface area contributed by atoms with E-state index in [9.17, 15) is 9.59 Å². The minimum absolute atomic E-state index is 0.102. The molecule has 0 saturated heterocycles. The molecule has 3 rings (SSSR count). The summed E-state index contributed by atoms with van der Waals surface area (Å²) in [5.41, 5.74) is 7.69. The van der Waals surface area contributed by atoms with E-state index in [2.05, 4.69) is 4.98 Å². The van der Waals surface area contributed by atoms with Crippen molar-refractivity contribution in [3.05, 3.63) is 23.6 Å². The van der Waals surface area contributed by atoms with Gasteiger partial charge in [0.1, 0.15) is 12.3 Å². The van der Waals surface area contributed by atoms with Crippen LogP contribution >= 0.6 is 11.3 Å². The summed E-state index contributed by atoms with van der Waals surface area (Å²) >= 11 is 1.34. The Morgan fingerprint density at radius 1 is 1.52 bits per heavy atom. The number of carbonyl (C=O) groups excluding carboxylic acids is 2. The van der Waals surface area contributed by atoms with Crippen molar-refractivity contribution in [2.24, 2.45) is 0 Å². The SMILES string of the molecule is CCOC(=O)CN1C(=O)COc2ccc(-c3csc(N)n3)cc21. The van der Waals surface area contributed by atoms with E-state index in [0.717, 1.165) is 5.56 Å². The summed E-state index contributed by atoms with van der Waals surface area (Å²) in [6, 6.07) is 5.36. The summed E-state index contributed by atoms with van der Waals surface area (Å²) in [5.74, 6) is -0.210. The van der Waals surface area contributed by atoms with Crippen LogP contribution in [0.4, 0.5) is 10.8 Å². The summed E-state index contributed by atoms with van der Waals surface area (Å²) in [4.78, 5) is 29.4. The maximum Gasteiger partial charge on any atom is 0.326 e. The molecule has 0 aliphatic carbocycles. The summed E-state index contributed by atoms with van der Waals surface area (Å²) in [6.45, 7) is 1.74. The van der Waals surface area contributed by atoms with Crippen molar-refractivity contribution in [2.75, 3.05) is 30.4 Å². The first-order valence-electron chi connectivity index (χ1n) is 7.02. The Morgan fingerprint density at radius 2 is 2.35 bits per heavy atom. The number of hydrogen-bond acceptors (Lipinski definition) is 7. The van der Waals surface area contributed by atoms with E-state index < -0.39 is 5.97 Å². The van der Waals surface area contributed by atoms with Gasteiger partial charge in [-0.25, -0.2) is 4.98 Å². The van der Waals surface area contributed by atoms with Gasteiger partial charge in [0, 0.05) is 10.9 Å². The van der Waals surface area contributed by atoms with Crippen molar-refractivity contribution in [1.82, 2.24) is 4.98 Å². The fraction of sp³-hybridized carbons (Fsp3) is 0.267. The number of aromatic nitrogens is 1. The number of carbonyl (C=O) groups is 2. The Labute approximate surface area is 136 Å². The molecule has 0 bridgehead atoms. The Kier molecular flexibility index (Phi) is 4.16. The quantitative estimate of drug-likeness (QED) is 0.856. The van der Waals surface area contributed by atoms with Gasteiger partial charge in [-0.3, -0.25) is 14.5 Å². The molecule has 0 radical (unpaired) electrons. The van der Waals surface area contributed by atoms with Crippen LogP contribution in [0.25, 0.3) is 11.3 Å². The van der Waals surface area contributed by atoms with Crippen LogP contribution in [-0.2, 0) is 14.3 Å². The van der Waals surface area contributed by atoms with E-state index in [0.29, 0.717) is 22.3 Å². The molecule has 0 saturated carbocycles. The lowest BCUT2D eigenvalue weighted by molar-refractivity contribution is -0.142. The lowest BCUT2D eigenvalue weighted by atomic mass is 10.1. The average Bonchev–Trinajstić information content (AvgIpc) is 2.96. The molecule has 0 unspecified atom stereocenters. The topological polar surface area (TPSA) is 94.8 Å². The van der Waals surface area contributed by atoms with E-state index in [1.807, 2.05) is 11.4 Å². The Balaban J connectivity index is 1.95. The highest BCUT2D eigenvalue weighted by molar-refractivity contribution is 7.13. The van der Waals surface area contributed by atoms with Gasteiger partial charge in [0.05, 0.1) is 18.0 Å². The molecule has 120 valence electrons. The second-order valence-electron chi connectivity index (χ2n) is 4.83. The number of hydrogen-bond donors (Lipinski definition) is 1. The Morgan fingerprint density at radius 3 is 3.04 bits per heavy atom. The Hall–Kier alpha value is -2.61. The molecule has 7 nitrogen and oxygen atoms in total. The molecule has 0 fully saturated rings. The van der Waals surface area contributed by atoms with Crippen LogP contribution in [0.5, 0.6) is 5.75 Å². The van der Waals surface area contributed by atoms with Gasteiger partial charge in [0.2, 0.25) is 0 Å². The van der Waals surface area contributed by atoms with Crippen molar-refractivity contribution < 1.29 is 19.1 Å². The highest BCUT2D eigenvalue weighted by Gasteiger charge is 2.28. The maximum atomic E-state index is 12.1. The molecule has 1 aliphatic heterocycles. The van der Waals surface area contributed by atoms with Crippen LogP contribution in [-0.4, -0.2) is 36.6 Å². The first-order valence-corrected chi connectivity index (χ1v) is 7.90. The predicted molar refractivity (Wildman–Crippen MR) is 86.4 cm³/mol. The molecule has 1 aliphatic rings. The van der Waals surface area contributed by atoms with Crippen LogP contribution in [0.2, 0.25) is 0 Å². The van der Waals surface area contributed by atoms with Gasteiger partial charge in [0.15, 0.2) is 11.7 Å². The summed E-state index contributed by atoms with van der Waals surface area (Å²) in [6.07, 6.45) is 0. The van der Waals surface area contributed by atoms with Gasteiger partial charge < -0.3 is 15.2 Å². The van der Waals surface area contributed by atoms with Crippen LogP contribution in [0.15, 0.2) is 23.6 Å². The van der Waals surface area contributed by atoms with Gasteiger partial charge in [-0.2, -0.15) is 0 Å². The van der Waals surface area contributed by atoms with Gasteiger partial charge in [-0.05, 0) is 25.1 Å². The molecule has 2 N–H and O–H groups in total. The molecular weight excluding hydrogens is 318 g/mol. The molecule has 2 aromatic rings. The van der Waals surface area contributed by atoms with E-state index in [1.165, 1.54) is 16.2 Å². The lowest BCUT2D eigenvalue weighted by Gasteiger charge is -2.28. The Bertz CT molecular complexity index is 759. The molecule has 0 atom stereocenters. The minimum Gasteiger partial charge on any atom is -0.482 e. The molecule has 1 amide bonds. The molecular formula is C15H15N3O4S. The number of nitrogens with zero attached hydrogens (tertiary/aromatic N) is 2. The molecule has 8 heteroatoms. The monoisotopic (exact) mass is 333 g/mol. The van der Waals surface area contributed by atoms with Crippen molar-refractivity contribution in [3.8, 4) is 17.0 Å². The highest BCUT2D eigenvalue weighted by atomic mass is 32.1. The van der Waals surface area contributed by atoms with Gasteiger partial charge in [0.25, 0.3) is 5.91 Å². The van der Waals surface area contributed by atoms with E-state index >= 15 is 0 Å². The molecule has 23 heavy (non-hydrogen) atoms. The maximum absolute atomic E-state index is 12.1. The number of nitrogen functional groups attached to an aromatic ring is 1. The van der Waals surface area contributed by atoms with Crippen LogP contribution in [0, 0.1) is 0 Å². The molecule has 1 aromatic heterocycles. The van der Waals surface area contributed by atoms with Crippen molar-refractivity contribution in [3.63, 3.8) is 0 Å². The minimum atomic E-state index is -0.461. The van der Waals surface area contributed by atoms with Gasteiger partial charge in [-0.1, -0.05) is 0 Å². The fourth-order valence-corrected chi connectivity index (χ4v) is 2.86. The number of rotatable bonds is 4. The normalized spacial score (nSPS) is 13.4. The summed E-state index contributed by atoms with van der Waals surface area (Å²) < 4.78 is 10.3. The van der Waals surface area contributed by atoms with Crippen molar-refractivity contribution >= 4 is 34.0 Å². The number of nitrogens with two attached hydrogens (primary N) is 1. The molecule has 0 spiro atoms. The zero-order chi connectivity index (χ0) is 16.4. The summed E-state index contributed by atoms with van der Waals surface area (Å²) in [7, 11) is 0. The zero-order valence-electron chi connectivity index (χ0n) is 12.4. The van der Waals surface area contributed by atoms with E-state index in [1.54, 1.807) is 19.1 Å². The zero-order valence-corrected chi connectivity index (χ0v) is 13.3. The van der Waals surface area contributed by atoms with Crippen molar-refractivity contribution in [2.45, 2.75) is 6.92 Å². The first-order chi connectivity index (χ1) is 11.1. The van der Waals surface area contributed by atoms with E-state index in [-0.39, 0.29) is 25.7 Å².